The Labute approximate surface area is 168 Å². The number of hydrogen-bond acceptors (Lipinski definition) is 6. The molecule has 1 aromatic heterocycles. The van der Waals surface area contributed by atoms with Crippen molar-refractivity contribution in [1.82, 2.24) is 14.6 Å². The molecule has 1 aliphatic carbocycles. The second-order valence-corrected chi connectivity index (χ2v) is 10.2. The molecular weight excluding hydrogens is 376 g/mol. The summed E-state index contributed by atoms with van der Waals surface area (Å²) in [6.45, 7) is 6.12. The van der Waals surface area contributed by atoms with Crippen molar-refractivity contribution in [3.63, 3.8) is 0 Å². The Balaban J connectivity index is 1.19. The highest BCUT2D eigenvalue weighted by Gasteiger charge is 2.26. The molecular formula is C20H32N4O3S. The first kappa shape index (κ1) is 19.9. The summed E-state index contributed by atoms with van der Waals surface area (Å²) in [6, 6.07) is 2.11. The van der Waals surface area contributed by atoms with Crippen LogP contribution in [-0.4, -0.2) is 69.9 Å². The van der Waals surface area contributed by atoms with Gasteiger partial charge in [0.25, 0.3) is 0 Å². The molecule has 156 valence electrons. The molecule has 2 aliphatic heterocycles. The third kappa shape index (κ3) is 4.96. The fourth-order valence-corrected chi connectivity index (χ4v) is 5.63. The lowest BCUT2D eigenvalue weighted by Crippen LogP contribution is -2.47. The van der Waals surface area contributed by atoms with E-state index < -0.39 is 10.0 Å². The summed E-state index contributed by atoms with van der Waals surface area (Å²) < 4.78 is 31.2. The molecule has 0 amide bonds. The summed E-state index contributed by atoms with van der Waals surface area (Å²) in [5.41, 5.74) is 1.27. The maximum atomic E-state index is 11.4. The number of hydrogen-bond donors (Lipinski definition) is 1. The molecule has 1 N–H and O–H groups in total. The summed E-state index contributed by atoms with van der Waals surface area (Å²) in [6.07, 6.45) is 9.51. The van der Waals surface area contributed by atoms with E-state index in [-0.39, 0.29) is 6.04 Å². The third-order valence-corrected chi connectivity index (χ3v) is 7.11. The number of piperazine rings is 1. The molecule has 0 aromatic carbocycles. The number of aromatic nitrogens is 1. The molecule has 1 saturated carbocycles. The minimum Gasteiger partial charge on any atom is -0.493 e. The Kier molecular flexibility index (Phi) is 6.08. The second kappa shape index (κ2) is 8.55. The number of nitrogens with one attached hydrogen (secondary N) is 1. The van der Waals surface area contributed by atoms with Gasteiger partial charge in [-0.05, 0) is 50.6 Å². The summed E-state index contributed by atoms with van der Waals surface area (Å²) in [7, 11) is -3.08. The smallest absolute Gasteiger partial charge is 0.208 e. The number of nitrogens with zero attached hydrogens (tertiary/aromatic N) is 3. The Hall–Kier alpha value is -1.38. The van der Waals surface area contributed by atoms with E-state index in [1.54, 1.807) is 0 Å². The summed E-state index contributed by atoms with van der Waals surface area (Å²) in [4.78, 5) is 9.60. The highest BCUT2D eigenvalue weighted by molar-refractivity contribution is 7.88. The molecule has 4 rings (SSSR count). The quantitative estimate of drug-likeness (QED) is 0.771. The predicted molar refractivity (Wildman–Crippen MR) is 110 cm³/mol. The van der Waals surface area contributed by atoms with E-state index in [4.69, 9.17) is 4.74 Å². The standard InChI is InChI=1S/C20H32N4O3S/c1-28(25,26)22-17-4-2-16(3-5-17)7-10-23-11-13-24(14-12-23)20-18-8-15-27-19(18)6-9-21-20/h6,9,16-17,22H,2-5,7-8,10-15H2,1H3/t16-,17-. The van der Waals surface area contributed by atoms with Crippen LogP contribution >= 0.6 is 0 Å². The first-order chi connectivity index (χ1) is 13.5. The van der Waals surface area contributed by atoms with Crippen molar-refractivity contribution in [3.8, 4) is 5.75 Å². The molecule has 8 heteroatoms. The van der Waals surface area contributed by atoms with Gasteiger partial charge in [-0.15, -0.1) is 0 Å². The van der Waals surface area contributed by atoms with Gasteiger partial charge in [0.05, 0.1) is 12.9 Å². The van der Waals surface area contributed by atoms with Crippen molar-refractivity contribution < 1.29 is 13.2 Å². The highest BCUT2D eigenvalue weighted by Crippen LogP contribution is 2.32. The normalized spacial score (nSPS) is 26.1. The molecule has 2 fully saturated rings. The van der Waals surface area contributed by atoms with Crippen LogP contribution in [0.5, 0.6) is 5.75 Å². The predicted octanol–water partition coefficient (Wildman–Crippen LogP) is 1.64. The summed E-state index contributed by atoms with van der Waals surface area (Å²) in [5, 5.41) is 0. The van der Waals surface area contributed by atoms with E-state index in [0.717, 1.165) is 88.9 Å². The fraction of sp³-hybridized carbons (Fsp3) is 0.750. The molecule has 0 radical (unpaired) electrons. The number of anilines is 1. The van der Waals surface area contributed by atoms with Crippen molar-refractivity contribution in [2.75, 3.05) is 50.5 Å². The molecule has 0 bridgehead atoms. The van der Waals surface area contributed by atoms with Crippen molar-refractivity contribution in [1.29, 1.82) is 0 Å². The van der Waals surface area contributed by atoms with Crippen molar-refractivity contribution in [3.05, 3.63) is 17.8 Å². The number of fused-ring (bicyclic) bond motifs is 1. The van der Waals surface area contributed by atoms with Crippen LogP contribution in [0.3, 0.4) is 0 Å². The van der Waals surface area contributed by atoms with Gasteiger partial charge in [-0.2, -0.15) is 0 Å². The number of pyridine rings is 1. The van der Waals surface area contributed by atoms with Gasteiger partial charge in [-0.25, -0.2) is 18.1 Å². The maximum absolute atomic E-state index is 11.4. The van der Waals surface area contributed by atoms with E-state index in [0.29, 0.717) is 0 Å². The zero-order valence-corrected chi connectivity index (χ0v) is 17.6. The van der Waals surface area contributed by atoms with Crippen LogP contribution in [0.25, 0.3) is 0 Å². The summed E-state index contributed by atoms with van der Waals surface area (Å²) >= 11 is 0. The lowest BCUT2D eigenvalue weighted by Gasteiger charge is -2.37. The summed E-state index contributed by atoms with van der Waals surface area (Å²) in [5.74, 6) is 2.85. The van der Waals surface area contributed by atoms with Gasteiger partial charge in [0.15, 0.2) is 0 Å². The third-order valence-electron chi connectivity index (χ3n) is 6.35. The maximum Gasteiger partial charge on any atom is 0.208 e. The van der Waals surface area contributed by atoms with E-state index in [1.165, 1.54) is 18.2 Å². The molecule has 0 atom stereocenters. The van der Waals surface area contributed by atoms with Gasteiger partial charge >= 0.3 is 0 Å². The van der Waals surface area contributed by atoms with Crippen LogP contribution in [0.15, 0.2) is 12.3 Å². The van der Waals surface area contributed by atoms with Crippen LogP contribution in [-0.2, 0) is 16.4 Å². The lowest BCUT2D eigenvalue weighted by molar-refractivity contribution is 0.214. The van der Waals surface area contributed by atoms with Gasteiger partial charge in [-0.1, -0.05) is 0 Å². The van der Waals surface area contributed by atoms with E-state index >= 15 is 0 Å². The average Bonchev–Trinajstić information content (AvgIpc) is 3.16. The first-order valence-corrected chi connectivity index (χ1v) is 12.4. The Morgan fingerprint density at radius 2 is 1.93 bits per heavy atom. The number of ether oxygens (including phenoxy) is 1. The molecule has 3 heterocycles. The molecule has 0 spiro atoms. The Bertz CT molecular complexity index is 770. The van der Waals surface area contributed by atoms with Gasteiger partial charge in [0.2, 0.25) is 10.0 Å². The van der Waals surface area contributed by atoms with Gasteiger partial charge in [0, 0.05) is 50.4 Å². The lowest BCUT2D eigenvalue weighted by atomic mass is 9.84. The number of rotatable bonds is 6. The van der Waals surface area contributed by atoms with Gasteiger partial charge in [0.1, 0.15) is 11.6 Å². The van der Waals surface area contributed by atoms with Crippen LogP contribution in [0.4, 0.5) is 5.82 Å². The highest BCUT2D eigenvalue weighted by atomic mass is 32.2. The molecule has 0 unspecified atom stereocenters. The topological polar surface area (TPSA) is 74.8 Å². The van der Waals surface area contributed by atoms with Crippen molar-refractivity contribution in [2.45, 2.75) is 44.6 Å². The van der Waals surface area contributed by atoms with Gasteiger partial charge in [-0.3, -0.25) is 4.90 Å². The van der Waals surface area contributed by atoms with E-state index in [1.807, 2.05) is 12.3 Å². The van der Waals surface area contributed by atoms with Crippen LogP contribution in [0, 0.1) is 5.92 Å². The molecule has 7 nitrogen and oxygen atoms in total. The average molecular weight is 409 g/mol. The zero-order chi connectivity index (χ0) is 19.6. The first-order valence-electron chi connectivity index (χ1n) is 10.5. The zero-order valence-electron chi connectivity index (χ0n) is 16.8. The van der Waals surface area contributed by atoms with Gasteiger partial charge < -0.3 is 9.64 Å². The van der Waals surface area contributed by atoms with E-state index in [2.05, 4.69) is 19.5 Å². The fourth-order valence-electron chi connectivity index (χ4n) is 4.79. The number of sulfonamides is 1. The largest absolute Gasteiger partial charge is 0.493 e. The molecule has 1 saturated heterocycles. The van der Waals surface area contributed by atoms with E-state index in [9.17, 15) is 8.42 Å². The molecule has 28 heavy (non-hydrogen) atoms. The molecule has 1 aromatic rings. The second-order valence-electron chi connectivity index (χ2n) is 8.43. The SMILES string of the molecule is CS(=O)(=O)N[C@H]1CC[C@H](CCN2CCN(c3nccc4c3CCO4)CC2)CC1. The Morgan fingerprint density at radius 1 is 1.18 bits per heavy atom. The van der Waals surface area contributed by atoms with Crippen molar-refractivity contribution >= 4 is 15.8 Å². The van der Waals surface area contributed by atoms with Crippen LogP contribution in [0.2, 0.25) is 0 Å². The minimum atomic E-state index is -3.08. The Morgan fingerprint density at radius 3 is 2.64 bits per heavy atom. The monoisotopic (exact) mass is 408 g/mol. The van der Waals surface area contributed by atoms with Crippen LogP contribution in [0.1, 0.15) is 37.7 Å². The van der Waals surface area contributed by atoms with Crippen LogP contribution < -0.4 is 14.4 Å². The molecule has 3 aliphatic rings. The van der Waals surface area contributed by atoms with Crippen molar-refractivity contribution in [2.24, 2.45) is 5.92 Å². The minimum absolute atomic E-state index is 0.138.